The number of fused-ring (bicyclic) bond motifs is 1. The molecule has 0 N–H and O–H groups in total. The van der Waals surface area contributed by atoms with Crippen LogP contribution in [0.25, 0.3) is 0 Å². The zero-order chi connectivity index (χ0) is 15.9. The molecule has 0 radical (unpaired) electrons. The number of allylic oxidation sites excluding steroid dienone is 2. The SMILES string of the molecule is COC(=O)C1(OC)OC=CC2=C1C(=O)c1ccccc1C2=O. The smallest absolute Gasteiger partial charge is 0.384 e. The molecule has 1 heterocycles. The predicted molar refractivity (Wildman–Crippen MR) is 74.1 cm³/mol. The lowest BCUT2D eigenvalue weighted by Crippen LogP contribution is -2.50. The summed E-state index contributed by atoms with van der Waals surface area (Å²) in [4.78, 5) is 37.5. The number of carbonyl (C=O) groups is 3. The third-order valence-electron chi connectivity index (χ3n) is 3.70. The zero-order valence-corrected chi connectivity index (χ0v) is 11.9. The van der Waals surface area contributed by atoms with Crippen LogP contribution in [-0.4, -0.2) is 37.5 Å². The van der Waals surface area contributed by atoms with Gasteiger partial charge in [0.05, 0.1) is 18.9 Å². The quantitative estimate of drug-likeness (QED) is 0.769. The first-order valence-corrected chi connectivity index (χ1v) is 6.48. The molecule has 1 aromatic rings. The Hall–Kier alpha value is -2.73. The topological polar surface area (TPSA) is 78.9 Å². The molecule has 0 fully saturated rings. The molecule has 1 unspecified atom stereocenters. The summed E-state index contributed by atoms with van der Waals surface area (Å²) in [5.74, 6) is -3.84. The normalized spacial score (nSPS) is 22.8. The number of ketones is 2. The third-order valence-corrected chi connectivity index (χ3v) is 3.70. The van der Waals surface area contributed by atoms with Crippen molar-refractivity contribution in [2.45, 2.75) is 5.79 Å². The van der Waals surface area contributed by atoms with E-state index >= 15 is 0 Å². The Morgan fingerprint density at radius 3 is 2.32 bits per heavy atom. The Morgan fingerprint density at radius 1 is 1.09 bits per heavy atom. The Labute approximate surface area is 126 Å². The van der Waals surface area contributed by atoms with Crippen molar-refractivity contribution in [2.24, 2.45) is 0 Å². The average molecular weight is 300 g/mol. The fourth-order valence-corrected chi connectivity index (χ4v) is 2.66. The highest BCUT2D eigenvalue weighted by Crippen LogP contribution is 2.39. The van der Waals surface area contributed by atoms with Gasteiger partial charge >= 0.3 is 11.8 Å². The van der Waals surface area contributed by atoms with Crippen molar-refractivity contribution in [1.82, 2.24) is 0 Å². The van der Waals surface area contributed by atoms with Crippen LogP contribution in [0, 0.1) is 0 Å². The molecule has 3 rings (SSSR count). The van der Waals surface area contributed by atoms with Crippen LogP contribution in [0.4, 0.5) is 0 Å². The highest BCUT2D eigenvalue weighted by molar-refractivity contribution is 6.30. The molecule has 1 atom stereocenters. The molecular formula is C16H12O6. The molecule has 1 aromatic carbocycles. The predicted octanol–water partition coefficient (Wildman–Crippen LogP) is 1.42. The van der Waals surface area contributed by atoms with Gasteiger partial charge in [0.15, 0.2) is 11.6 Å². The molecule has 1 aliphatic carbocycles. The highest BCUT2D eigenvalue weighted by Gasteiger charge is 2.54. The van der Waals surface area contributed by atoms with E-state index in [1.165, 1.54) is 19.3 Å². The van der Waals surface area contributed by atoms with Gasteiger partial charge in [-0.15, -0.1) is 0 Å². The summed E-state index contributed by atoms with van der Waals surface area (Å²) < 4.78 is 15.1. The summed E-state index contributed by atoms with van der Waals surface area (Å²) >= 11 is 0. The molecule has 2 aliphatic rings. The standard InChI is InChI=1S/C16H12O6/c1-20-15(19)16(21-2)12-11(7-8-22-16)13(17)9-5-3-4-6-10(9)14(12)18/h3-8H,1-2H3. The van der Waals surface area contributed by atoms with Crippen molar-refractivity contribution >= 4 is 17.5 Å². The molecule has 6 heteroatoms. The van der Waals surface area contributed by atoms with E-state index in [2.05, 4.69) is 4.74 Å². The largest absolute Gasteiger partial charge is 0.464 e. The Bertz CT molecular complexity index is 758. The van der Waals surface area contributed by atoms with Crippen LogP contribution >= 0.6 is 0 Å². The van der Waals surface area contributed by atoms with E-state index in [-0.39, 0.29) is 28.1 Å². The number of esters is 1. The van der Waals surface area contributed by atoms with Crippen molar-refractivity contribution < 1.29 is 28.6 Å². The molecule has 0 spiro atoms. The van der Waals surface area contributed by atoms with Crippen LogP contribution in [0.3, 0.4) is 0 Å². The second kappa shape index (κ2) is 4.92. The summed E-state index contributed by atoms with van der Waals surface area (Å²) in [5, 5.41) is 0. The summed E-state index contributed by atoms with van der Waals surface area (Å²) in [6.45, 7) is 0. The number of methoxy groups -OCH3 is 2. The second-order valence-electron chi connectivity index (χ2n) is 4.73. The fourth-order valence-electron chi connectivity index (χ4n) is 2.66. The number of hydrogen-bond donors (Lipinski definition) is 0. The van der Waals surface area contributed by atoms with Gasteiger partial charge in [-0.2, -0.15) is 0 Å². The molecule has 6 nitrogen and oxygen atoms in total. The number of benzene rings is 1. The van der Waals surface area contributed by atoms with Crippen LogP contribution in [-0.2, 0) is 19.0 Å². The Kier molecular flexibility index (Phi) is 3.18. The van der Waals surface area contributed by atoms with E-state index in [1.807, 2.05) is 0 Å². The fraction of sp³-hybridized carbons (Fsp3) is 0.188. The molecule has 0 aromatic heterocycles. The summed E-state index contributed by atoms with van der Waals surface area (Å²) in [6.07, 6.45) is 2.50. The molecule has 0 saturated carbocycles. The van der Waals surface area contributed by atoms with Gasteiger partial charge in [-0.25, -0.2) is 4.79 Å². The minimum absolute atomic E-state index is 0.0715. The Morgan fingerprint density at radius 2 is 1.73 bits per heavy atom. The maximum absolute atomic E-state index is 12.8. The maximum Gasteiger partial charge on any atom is 0.384 e. The van der Waals surface area contributed by atoms with Gasteiger partial charge in [-0.3, -0.25) is 9.59 Å². The first-order valence-electron chi connectivity index (χ1n) is 6.48. The molecule has 1 aliphatic heterocycles. The van der Waals surface area contributed by atoms with Gasteiger partial charge in [0.1, 0.15) is 0 Å². The lowest BCUT2D eigenvalue weighted by Gasteiger charge is -2.35. The van der Waals surface area contributed by atoms with Crippen LogP contribution < -0.4 is 0 Å². The number of rotatable bonds is 2. The van der Waals surface area contributed by atoms with E-state index in [0.717, 1.165) is 13.4 Å². The third kappa shape index (κ3) is 1.67. The minimum atomic E-state index is -2.07. The molecule has 0 amide bonds. The van der Waals surface area contributed by atoms with Gasteiger partial charge in [-0.1, -0.05) is 24.3 Å². The minimum Gasteiger partial charge on any atom is -0.464 e. The van der Waals surface area contributed by atoms with Crippen LogP contribution in [0.15, 0.2) is 47.7 Å². The zero-order valence-electron chi connectivity index (χ0n) is 11.9. The summed E-state index contributed by atoms with van der Waals surface area (Å²) in [7, 11) is 2.35. The van der Waals surface area contributed by atoms with E-state index in [1.54, 1.807) is 18.2 Å². The van der Waals surface area contributed by atoms with Crippen LogP contribution in [0.5, 0.6) is 0 Å². The number of ether oxygens (including phenoxy) is 3. The highest BCUT2D eigenvalue weighted by atomic mass is 16.7. The molecule has 0 saturated heterocycles. The first kappa shape index (κ1) is 14.2. The summed E-state index contributed by atoms with van der Waals surface area (Å²) in [6, 6.07) is 6.40. The number of Topliss-reactive ketones (excluding diaryl/α,β-unsaturated/α-hetero) is 2. The average Bonchev–Trinajstić information content (AvgIpc) is 2.58. The first-order chi connectivity index (χ1) is 10.6. The molecule has 0 bridgehead atoms. The monoisotopic (exact) mass is 300 g/mol. The van der Waals surface area contributed by atoms with Crippen LogP contribution in [0.1, 0.15) is 20.7 Å². The molecule has 112 valence electrons. The van der Waals surface area contributed by atoms with E-state index < -0.39 is 17.5 Å². The van der Waals surface area contributed by atoms with Crippen LogP contribution in [0.2, 0.25) is 0 Å². The van der Waals surface area contributed by atoms with Crippen molar-refractivity contribution in [3.05, 3.63) is 58.9 Å². The van der Waals surface area contributed by atoms with E-state index in [9.17, 15) is 14.4 Å². The lowest BCUT2D eigenvalue weighted by atomic mass is 9.79. The van der Waals surface area contributed by atoms with Gasteiger partial charge in [-0.05, 0) is 6.08 Å². The lowest BCUT2D eigenvalue weighted by molar-refractivity contribution is -0.204. The van der Waals surface area contributed by atoms with Gasteiger partial charge in [0, 0.05) is 23.8 Å². The Balaban J connectivity index is 2.28. The maximum atomic E-state index is 12.8. The molecular weight excluding hydrogens is 288 g/mol. The van der Waals surface area contributed by atoms with Gasteiger partial charge in [0.2, 0.25) is 0 Å². The molecule has 22 heavy (non-hydrogen) atoms. The van der Waals surface area contributed by atoms with Crippen molar-refractivity contribution in [3.63, 3.8) is 0 Å². The van der Waals surface area contributed by atoms with Gasteiger partial charge < -0.3 is 14.2 Å². The summed E-state index contributed by atoms with van der Waals surface area (Å²) in [5.41, 5.74) is 0.401. The van der Waals surface area contributed by atoms with Crippen molar-refractivity contribution in [3.8, 4) is 0 Å². The number of carbonyl (C=O) groups excluding carboxylic acids is 3. The van der Waals surface area contributed by atoms with E-state index in [0.29, 0.717) is 0 Å². The van der Waals surface area contributed by atoms with Crippen molar-refractivity contribution in [2.75, 3.05) is 14.2 Å². The van der Waals surface area contributed by atoms with Crippen molar-refractivity contribution in [1.29, 1.82) is 0 Å². The van der Waals surface area contributed by atoms with E-state index in [4.69, 9.17) is 9.47 Å². The van der Waals surface area contributed by atoms with Gasteiger partial charge in [0.25, 0.3) is 0 Å². The second-order valence-corrected chi connectivity index (χ2v) is 4.73. The number of hydrogen-bond acceptors (Lipinski definition) is 6.